The van der Waals surface area contributed by atoms with E-state index >= 15 is 0 Å². The monoisotopic (exact) mass is 615 g/mol. The van der Waals surface area contributed by atoms with Crippen LogP contribution >= 0.6 is 0 Å². The minimum Gasteiger partial charge on any atom is -0.504 e. The molecule has 9 heteroatoms. The standard InChI is InChI=1S/C22H18F3N4Si.Os/c1-26-14-28(21-9-5-3-7-19(21)26)16-11-17(13-18(12-16)30(23,24)25)29-15-27(2)20-8-4-6-10-22(20)29;/h3-10,12-15H,1-2H3;/q-3;. The van der Waals surface area contributed by atoms with Crippen LogP contribution in [-0.4, -0.2) is 23.2 Å². The molecule has 2 heterocycles. The zero-order valence-corrected chi connectivity index (χ0v) is 20.2. The van der Waals surface area contributed by atoms with E-state index in [9.17, 15) is 12.3 Å². The molecule has 0 aromatic heterocycles. The van der Waals surface area contributed by atoms with Crippen LogP contribution in [0.2, 0.25) is 0 Å². The van der Waals surface area contributed by atoms with Crippen LogP contribution in [0.25, 0.3) is 0 Å². The Kier molecular flexibility index (Phi) is 5.52. The molecule has 0 bridgehead atoms. The van der Waals surface area contributed by atoms with Gasteiger partial charge < -0.3 is 19.6 Å². The van der Waals surface area contributed by atoms with Crippen LogP contribution in [0, 0.1) is 19.4 Å². The van der Waals surface area contributed by atoms with Crippen molar-refractivity contribution in [2.24, 2.45) is 0 Å². The summed E-state index contributed by atoms with van der Waals surface area (Å²) in [5.74, 6) is 0. The molecule has 31 heavy (non-hydrogen) atoms. The first-order valence-corrected chi connectivity index (χ1v) is 11.0. The molecule has 162 valence electrons. The molecule has 0 fully saturated rings. The summed E-state index contributed by atoms with van der Waals surface area (Å²) in [6, 6.07) is 20.9. The van der Waals surface area contributed by atoms with Gasteiger partial charge in [0.05, 0.1) is 0 Å². The van der Waals surface area contributed by atoms with E-state index in [1.54, 1.807) is 23.1 Å². The Balaban J connectivity index is 0.00000231. The Morgan fingerprint density at radius 2 is 1.10 bits per heavy atom. The summed E-state index contributed by atoms with van der Waals surface area (Å²) < 4.78 is 41.7. The van der Waals surface area contributed by atoms with Crippen LogP contribution in [0.4, 0.5) is 46.4 Å². The van der Waals surface area contributed by atoms with E-state index in [0.717, 1.165) is 22.7 Å². The quantitative estimate of drug-likeness (QED) is 0.236. The number of anilines is 6. The van der Waals surface area contributed by atoms with Gasteiger partial charge in [0, 0.05) is 42.5 Å². The van der Waals surface area contributed by atoms with Crippen molar-refractivity contribution >= 4 is 48.4 Å². The molecule has 0 unspecified atom stereocenters. The van der Waals surface area contributed by atoms with E-state index < -0.39 is 14.3 Å². The summed E-state index contributed by atoms with van der Waals surface area (Å²) in [7, 11) is -2.29. The van der Waals surface area contributed by atoms with Crippen molar-refractivity contribution in [2.75, 3.05) is 33.7 Å². The Labute approximate surface area is 194 Å². The number of hydrogen-bond acceptors (Lipinski definition) is 4. The van der Waals surface area contributed by atoms with Crippen LogP contribution in [-0.2, 0) is 19.8 Å². The van der Waals surface area contributed by atoms with Crippen LogP contribution < -0.4 is 24.8 Å². The van der Waals surface area contributed by atoms with Gasteiger partial charge in [-0.25, -0.2) is 12.3 Å². The maximum absolute atomic E-state index is 13.9. The second-order valence-electron chi connectivity index (χ2n) is 7.31. The zero-order valence-electron chi connectivity index (χ0n) is 16.7. The third-order valence-corrected chi connectivity index (χ3v) is 6.25. The molecule has 4 nitrogen and oxygen atoms in total. The molecule has 3 aromatic carbocycles. The summed E-state index contributed by atoms with van der Waals surface area (Å²) >= 11 is 0. The fourth-order valence-corrected chi connectivity index (χ4v) is 4.48. The first-order valence-electron chi connectivity index (χ1n) is 9.40. The minimum absolute atomic E-state index is 0. The SMILES string of the molecule is CN1[CH-]N(c2[c-]c(N3[CH-]N(C)c4ccccc43)cc([Si](F)(F)F)c2)c2ccccc21.[Os]. The first-order chi connectivity index (χ1) is 14.3. The van der Waals surface area contributed by atoms with Crippen molar-refractivity contribution in [3.05, 3.63) is 80.1 Å². The second kappa shape index (κ2) is 7.88. The number of nitrogens with zero attached hydrogens (tertiary/aromatic N) is 4. The number of benzene rings is 3. The Hall–Kier alpha value is -2.50. The molecule has 3 aromatic rings. The Morgan fingerprint density at radius 1 is 0.710 bits per heavy atom. The molecule has 5 rings (SSSR count). The Bertz CT molecular complexity index is 1050. The van der Waals surface area contributed by atoms with Gasteiger partial charge in [-0.1, -0.05) is 29.5 Å². The third kappa shape index (κ3) is 3.70. The predicted molar refractivity (Wildman–Crippen MR) is 117 cm³/mol. The smallest absolute Gasteiger partial charge is 0.504 e. The molecule has 0 aliphatic carbocycles. The number of para-hydroxylation sites is 4. The van der Waals surface area contributed by atoms with Gasteiger partial charge in [0.25, 0.3) is 0 Å². The van der Waals surface area contributed by atoms with Crippen molar-refractivity contribution in [3.8, 4) is 0 Å². The fraction of sp³-hybridized carbons (Fsp3) is 0.0909. The average Bonchev–Trinajstić information content (AvgIpc) is 3.25. The van der Waals surface area contributed by atoms with Gasteiger partial charge >= 0.3 is 9.08 Å². The largest absolute Gasteiger partial charge is 0.627 e. The molecular weight excluding hydrogens is 596 g/mol. The topological polar surface area (TPSA) is 13.0 Å². The van der Waals surface area contributed by atoms with Crippen LogP contribution in [0.5, 0.6) is 0 Å². The molecule has 0 N–H and O–H groups in total. The minimum atomic E-state index is -6.04. The second-order valence-corrected chi connectivity index (χ2v) is 8.88. The van der Waals surface area contributed by atoms with Gasteiger partial charge in [0.1, 0.15) is 0 Å². The molecule has 0 saturated heterocycles. The van der Waals surface area contributed by atoms with E-state index in [1.807, 2.05) is 72.4 Å². The molecule has 0 radical (unpaired) electrons. The van der Waals surface area contributed by atoms with E-state index in [1.165, 1.54) is 12.1 Å². The van der Waals surface area contributed by atoms with E-state index in [2.05, 4.69) is 6.07 Å². The predicted octanol–water partition coefficient (Wildman–Crippen LogP) is 4.95. The first kappa shape index (κ1) is 21.7. The van der Waals surface area contributed by atoms with E-state index in [4.69, 9.17) is 0 Å². The van der Waals surface area contributed by atoms with Crippen molar-refractivity contribution in [1.82, 2.24) is 0 Å². The van der Waals surface area contributed by atoms with Gasteiger partial charge in [-0.15, -0.1) is 29.6 Å². The maximum atomic E-state index is 13.9. The van der Waals surface area contributed by atoms with Gasteiger partial charge in [-0.3, -0.25) is 0 Å². The van der Waals surface area contributed by atoms with Crippen LogP contribution in [0.15, 0.2) is 60.7 Å². The van der Waals surface area contributed by atoms with Gasteiger partial charge in [-0.2, -0.15) is 13.3 Å². The summed E-state index contributed by atoms with van der Waals surface area (Å²) in [5, 5.41) is -0.577. The molecule has 2 aliphatic heterocycles. The zero-order chi connectivity index (χ0) is 21.0. The van der Waals surface area contributed by atoms with Crippen molar-refractivity contribution in [2.45, 2.75) is 0 Å². The summed E-state index contributed by atoms with van der Waals surface area (Å²) in [5.41, 5.74) is 4.24. The van der Waals surface area contributed by atoms with E-state index in [0.29, 0.717) is 11.4 Å². The summed E-state index contributed by atoms with van der Waals surface area (Å²) in [6.45, 7) is 3.57. The number of hydrogen-bond donors (Lipinski definition) is 0. The number of fused-ring (bicyclic) bond motifs is 2. The van der Waals surface area contributed by atoms with E-state index in [-0.39, 0.29) is 19.8 Å². The molecule has 0 atom stereocenters. The molecule has 2 aliphatic rings. The molecule has 0 amide bonds. The van der Waals surface area contributed by atoms with Gasteiger partial charge in [0.15, 0.2) is 0 Å². The van der Waals surface area contributed by atoms with Gasteiger partial charge in [-0.05, 0) is 38.4 Å². The number of halogens is 3. The third-order valence-electron chi connectivity index (χ3n) is 5.31. The molecule has 0 saturated carbocycles. The summed E-state index contributed by atoms with van der Waals surface area (Å²) in [4.78, 5) is 7.31. The number of rotatable bonds is 3. The normalized spacial score (nSPS) is 15.1. The Morgan fingerprint density at radius 3 is 1.48 bits per heavy atom. The van der Waals surface area contributed by atoms with Gasteiger partial charge in [0.2, 0.25) is 0 Å². The van der Waals surface area contributed by atoms with Crippen LogP contribution in [0.3, 0.4) is 0 Å². The van der Waals surface area contributed by atoms with Crippen LogP contribution in [0.1, 0.15) is 0 Å². The molecule has 0 spiro atoms. The maximum Gasteiger partial charge on any atom is 0.627 e. The van der Waals surface area contributed by atoms with Crippen molar-refractivity contribution < 1.29 is 32.1 Å². The van der Waals surface area contributed by atoms with Crippen molar-refractivity contribution in [3.63, 3.8) is 0 Å². The van der Waals surface area contributed by atoms with Crippen molar-refractivity contribution in [1.29, 1.82) is 0 Å². The fourth-order valence-electron chi connectivity index (χ4n) is 3.87. The average molecular weight is 614 g/mol. The summed E-state index contributed by atoms with van der Waals surface area (Å²) in [6.07, 6.45) is 0. The molecular formula is C22H18F3N4OsSi-3.